The molecule has 0 aliphatic carbocycles. The first-order valence-electron chi connectivity index (χ1n) is 7.43. The summed E-state index contributed by atoms with van der Waals surface area (Å²) in [6.45, 7) is 5.35. The van der Waals surface area contributed by atoms with Crippen molar-refractivity contribution in [1.82, 2.24) is 19.7 Å². The summed E-state index contributed by atoms with van der Waals surface area (Å²) >= 11 is 0. The summed E-state index contributed by atoms with van der Waals surface area (Å²) < 4.78 is 34.0. The smallest absolute Gasteiger partial charge is 0.174 e. The zero-order valence-corrected chi connectivity index (χ0v) is 13.5. The van der Waals surface area contributed by atoms with Crippen LogP contribution in [0.3, 0.4) is 0 Å². The first-order valence-corrected chi connectivity index (χ1v) is 7.43. The van der Waals surface area contributed by atoms with E-state index >= 15 is 0 Å². The molecular weight excluding hydrogens is 314 g/mol. The number of aromatic nitrogens is 4. The summed E-state index contributed by atoms with van der Waals surface area (Å²) in [4.78, 5) is 8.77. The quantitative estimate of drug-likeness (QED) is 0.732. The van der Waals surface area contributed by atoms with Gasteiger partial charge in [-0.25, -0.2) is 18.7 Å². The molecule has 3 aromatic rings. The van der Waals surface area contributed by atoms with Crippen molar-refractivity contribution in [3.63, 3.8) is 0 Å². The molecule has 0 bridgehead atoms. The lowest BCUT2D eigenvalue weighted by Crippen LogP contribution is -2.13. The van der Waals surface area contributed by atoms with Gasteiger partial charge in [0.1, 0.15) is 11.6 Å². The van der Waals surface area contributed by atoms with Crippen molar-refractivity contribution in [2.45, 2.75) is 26.9 Å². The van der Waals surface area contributed by atoms with E-state index in [4.69, 9.17) is 4.74 Å². The van der Waals surface area contributed by atoms with Gasteiger partial charge >= 0.3 is 0 Å². The number of ether oxygens (including phenoxy) is 1. The Balaban J connectivity index is 1.94. The molecule has 0 fully saturated rings. The van der Waals surface area contributed by atoms with Crippen LogP contribution in [-0.4, -0.2) is 19.7 Å². The van der Waals surface area contributed by atoms with Crippen molar-refractivity contribution in [2.75, 3.05) is 0 Å². The van der Waals surface area contributed by atoms with Gasteiger partial charge in [-0.2, -0.15) is 4.68 Å². The lowest BCUT2D eigenvalue weighted by Gasteiger charge is -2.15. The van der Waals surface area contributed by atoms with Crippen molar-refractivity contribution < 1.29 is 13.5 Å². The third-order valence-corrected chi connectivity index (χ3v) is 3.39. The number of nitrogens with zero attached hydrogens (tertiary/aromatic N) is 4. The maximum Gasteiger partial charge on any atom is 0.174 e. The Hall–Kier alpha value is -2.83. The van der Waals surface area contributed by atoms with Crippen molar-refractivity contribution in [2.24, 2.45) is 0 Å². The highest BCUT2D eigenvalue weighted by atomic mass is 19.1. The van der Waals surface area contributed by atoms with Crippen LogP contribution in [0.25, 0.3) is 5.82 Å². The summed E-state index contributed by atoms with van der Waals surface area (Å²) in [6, 6.07) is 8.71. The molecule has 0 spiro atoms. The van der Waals surface area contributed by atoms with Crippen LogP contribution < -0.4 is 4.74 Å². The summed E-state index contributed by atoms with van der Waals surface area (Å²) in [5.74, 6) is 0.153. The molecule has 0 aliphatic rings. The van der Waals surface area contributed by atoms with E-state index in [1.807, 2.05) is 19.1 Å². The predicted molar refractivity (Wildman–Crippen MR) is 84.0 cm³/mol. The highest BCUT2D eigenvalue weighted by Gasteiger charge is 2.20. The van der Waals surface area contributed by atoms with E-state index in [1.165, 1.54) is 6.07 Å². The molecule has 7 heteroatoms. The molecule has 0 amide bonds. The number of benzene rings is 1. The molecule has 24 heavy (non-hydrogen) atoms. The van der Waals surface area contributed by atoms with Crippen LogP contribution in [0.4, 0.5) is 8.78 Å². The predicted octanol–water partition coefficient (Wildman–Crippen LogP) is 3.70. The second kappa shape index (κ2) is 6.35. The lowest BCUT2D eigenvalue weighted by atomic mass is 10.3. The fourth-order valence-electron chi connectivity index (χ4n) is 2.32. The Morgan fingerprint density at radius 2 is 1.88 bits per heavy atom. The maximum absolute atomic E-state index is 13.8. The van der Waals surface area contributed by atoms with Crippen LogP contribution in [0, 0.1) is 25.5 Å². The molecule has 1 atom stereocenters. The zero-order valence-electron chi connectivity index (χ0n) is 13.5. The Labute approximate surface area is 137 Å². The van der Waals surface area contributed by atoms with Gasteiger partial charge in [0.15, 0.2) is 29.3 Å². The Bertz CT molecular complexity index is 879. The summed E-state index contributed by atoms with van der Waals surface area (Å²) in [5.41, 5.74) is 0.838. The fourth-order valence-corrected chi connectivity index (χ4v) is 2.32. The van der Waals surface area contributed by atoms with E-state index in [0.29, 0.717) is 17.5 Å². The highest BCUT2D eigenvalue weighted by Crippen LogP contribution is 2.25. The molecule has 5 nitrogen and oxygen atoms in total. The Kier molecular flexibility index (Phi) is 4.24. The van der Waals surface area contributed by atoms with Crippen LogP contribution in [0.5, 0.6) is 5.75 Å². The van der Waals surface area contributed by atoms with Crippen molar-refractivity contribution in [3.05, 3.63) is 65.4 Å². The number of pyridine rings is 1. The van der Waals surface area contributed by atoms with Gasteiger partial charge in [-0.05, 0) is 45.0 Å². The first kappa shape index (κ1) is 16.0. The van der Waals surface area contributed by atoms with Crippen LogP contribution in [-0.2, 0) is 0 Å². The van der Waals surface area contributed by atoms with Gasteiger partial charge in [0.05, 0.1) is 0 Å². The van der Waals surface area contributed by atoms with E-state index < -0.39 is 17.7 Å². The molecule has 124 valence electrons. The van der Waals surface area contributed by atoms with Crippen LogP contribution in [0.1, 0.15) is 30.4 Å². The Morgan fingerprint density at radius 3 is 2.58 bits per heavy atom. The minimum atomic E-state index is -0.765. The normalized spacial score (nSPS) is 12.2. The van der Waals surface area contributed by atoms with E-state index in [1.54, 1.807) is 24.6 Å². The molecule has 0 radical (unpaired) electrons. The van der Waals surface area contributed by atoms with Crippen molar-refractivity contribution >= 4 is 0 Å². The minimum Gasteiger partial charge on any atom is -0.480 e. The largest absolute Gasteiger partial charge is 0.480 e. The SMILES string of the molecule is Cc1cccc(-n2nc(C)nc2[C@@H](C)Oc2ccc(F)cc2F)n1. The first-order chi connectivity index (χ1) is 11.4. The number of aryl methyl sites for hydroxylation is 2. The number of hydrogen-bond acceptors (Lipinski definition) is 4. The average molecular weight is 330 g/mol. The molecular formula is C17H16F2N4O. The second-order valence-electron chi connectivity index (χ2n) is 5.40. The fraction of sp³-hybridized carbons (Fsp3) is 0.235. The molecule has 2 heterocycles. The van der Waals surface area contributed by atoms with Gasteiger partial charge in [-0.1, -0.05) is 6.07 Å². The summed E-state index contributed by atoms with van der Waals surface area (Å²) in [5, 5.41) is 4.33. The molecule has 1 aromatic carbocycles. The van der Waals surface area contributed by atoms with Crippen molar-refractivity contribution in [1.29, 1.82) is 0 Å². The maximum atomic E-state index is 13.8. The molecule has 3 rings (SSSR count). The van der Waals surface area contributed by atoms with Crippen LogP contribution >= 0.6 is 0 Å². The van der Waals surface area contributed by atoms with Gasteiger partial charge < -0.3 is 4.74 Å². The molecule has 0 saturated heterocycles. The van der Waals surface area contributed by atoms with Gasteiger partial charge in [-0.3, -0.25) is 0 Å². The van der Waals surface area contributed by atoms with Crippen molar-refractivity contribution in [3.8, 4) is 11.6 Å². The summed E-state index contributed by atoms with van der Waals surface area (Å²) in [6.07, 6.45) is -0.603. The van der Waals surface area contributed by atoms with Crippen LogP contribution in [0.2, 0.25) is 0 Å². The third kappa shape index (κ3) is 3.24. The van der Waals surface area contributed by atoms with Gasteiger partial charge in [0.25, 0.3) is 0 Å². The molecule has 0 aliphatic heterocycles. The van der Waals surface area contributed by atoms with Gasteiger partial charge in [-0.15, -0.1) is 5.10 Å². The number of halogens is 2. The highest BCUT2D eigenvalue weighted by molar-refractivity contribution is 5.27. The monoisotopic (exact) mass is 330 g/mol. The standard InChI is InChI=1S/C17H16F2N4O/c1-10-5-4-6-16(20-10)23-17(21-12(3)22-23)11(2)24-15-8-7-13(18)9-14(15)19/h4-9,11H,1-3H3/t11-/m1/s1. The van der Waals surface area contributed by atoms with E-state index in [0.717, 1.165) is 17.8 Å². The topological polar surface area (TPSA) is 52.8 Å². The number of rotatable bonds is 4. The Morgan fingerprint density at radius 1 is 1.08 bits per heavy atom. The molecule has 0 saturated carbocycles. The van der Waals surface area contributed by atoms with E-state index in [-0.39, 0.29) is 5.75 Å². The average Bonchev–Trinajstić information content (AvgIpc) is 2.92. The molecule has 2 aromatic heterocycles. The third-order valence-electron chi connectivity index (χ3n) is 3.39. The zero-order chi connectivity index (χ0) is 17.3. The van der Waals surface area contributed by atoms with E-state index in [9.17, 15) is 8.78 Å². The lowest BCUT2D eigenvalue weighted by molar-refractivity contribution is 0.203. The second-order valence-corrected chi connectivity index (χ2v) is 5.40. The summed E-state index contributed by atoms with van der Waals surface area (Å²) in [7, 11) is 0. The van der Waals surface area contributed by atoms with E-state index in [2.05, 4.69) is 15.1 Å². The van der Waals surface area contributed by atoms with Gasteiger partial charge in [0.2, 0.25) is 0 Å². The minimum absolute atomic E-state index is 0.0479. The van der Waals surface area contributed by atoms with Crippen LogP contribution in [0.15, 0.2) is 36.4 Å². The molecule has 0 N–H and O–H groups in total. The number of hydrogen-bond donors (Lipinski definition) is 0. The van der Waals surface area contributed by atoms with Gasteiger partial charge in [0, 0.05) is 11.8 Å². The molecule has 0 unspecified atom stereocenters.